The van der Waals surface area contributed by atoms with Crippen LogP contribution in [0.25, 0.3) is 0 Å². The van der Waals surface area contributed by atoms with Gasteiger partial charge in [0.2, 0.25) is 0 Å². The Hall–Kier alpha value is -0.570. The Labute approximate surface area is 74.7 Å². The monoisotopic (exact) mass is 176 g/mol. The predicted octanol–water partition coefficient (Wildman–Crippen LogP) is 2.16. The second-order valence-corrected chi connectivity index (χ2v) is 2.77. The number of carboxylic acid groups (broad SMARTS) is 1. The highest BCUT2D eigenvalue weighted by atomic mass is 16.5. The van der Waals surface area contributed by atoms with Crippen LogP contribution in [-0.4, -0.2) is 24.3 Å². The summed E-state index contributed by atoms with van der Waals surface area (Å²) in [6.45, 7) is 9.43. The van der Waals surface area contributed by atoms with Crippen molar-refractivity contribution in [3.8, 4) is 0 Å². The van der Waals surface area contributed by atoms with Crippen LogP contribution in [-0.2, 0) is 9.53 Å². The van der Waals surface area contributed by atoms with Gasteiger partial charge in [0.25, 0.3) is 0 Å². The number of aliphatic carboxylic acids is 1. The lowest BCUT2D eigenvalue weighted by Crippen LogP contribution is -1.99. The standard InChI is InChI=1S/C5H10O2.C4H10O/c1-4(2)3-5(6)7;1-3-5-4-2/h4H,3H2,1-2H3,(H,6,7);3-4H2,1-2H3. The number of hydrogen-bond donors (Lipinski definition) is 1. The van der Waals surface area contributed by atoms with E-state index >= 15 is 0 Å². The van der Waals surface area contributed by atoms with E-state index < -0.39 is 5.97 Å². The molecule has 12 heavy (non-hydrogen) atoms. The normalized spacial score (nSPS) is 9.08. The van der Waals surface area contributed by atoms with E-state index in [9.17, 15) is 4.79 Å². The van der Waals surface area contributed by atoms with Crippen LogP contribution in [0.15, 0.2) is 0 Å². The minimum absolute atomic E-state index is 0.275. The predicted molar refractivity (Wildman–Crippen MR) is 49.3 cm³/mol. The third-order valence-corrected chi connectivity index (χ3v) is 0.991. The highest BCUT2D eigenvalue weighted by molar-refractivity contribution is 5.66. The molecule has 0 aliphatic heterocycles. The lowest BCUT2D eigenvalue weighted by atomic mass is 10.1. The molecule has 0 fully saturated rings. The van der Waals surface area contributed by atoms with E-state index in [2.05, 4.69) is 0 Å². The molecule has 0 heterocycles. The van der Waals surface area contributed by atoms with E-state index in [1.165, 1.54) is 0 Å². The molecule has 0 aromatic heterocycles. The summed E-state index contributed by atoms with van der Waals surface area (Å²) < 4.78 is 4.83. The first-order valence-electron chi connectivity index (χ1n) is 4.34. The molecule has 0 aliphatic rings. The lowest BCUT2D eigenvalue weighted by molar-refractivity contribution is -0.137. The van der Waals surface area contributed by atoms with Crippen molar-refractivity contribution >= 4 is 5.97 Å². The fourth-order valence-electron chi connectivity index (χ4n) is 0.553. The van der Waals surface area contributed by atoms with Crippen LogP contribution in [0.2, 0.25) is 0 Å². The molecular formula is C9H20O3. The summed E-state index contributed by atoms with van der Waals surface area (Å²) in [6.07, 6.45) is 0.278. The van der Waals surface area contributed by atoms with Crippen LogP contribution in [0.1, 0.15) is 34.1 Å². The second-order valence-electron chi connectivity index (χ2n) is 2.77. The lowest BCUT2D eigenvalue weighted by Gasteiger charge is -1.94. The summed E-state index contributed by atoms with van der Waals surface area (Å²) in [6, 6.07) is 0. The van der Waals surface area contributed by atoms with Gasteiger partial charge in [-0.3, -0.25) is 4.79 Å². The molecule has 0 aromatic carbocycles. The van der Waals surface area contributed by atoms with E-state index in [0.717, 1.165) is 13.2 Å². The van der Waals surface area contributed by atoms with Gasteiger partial charge in [-0.15, -0.1) is 0 Å². The number of carbonyl (C=O) groups is 1. The van der Waals surface area contributed by atoms with Crippen molar-refractivity contribution in [1.82, 2.24) is 0 Å². The number of carboxylic acids is 1. The molecule has 0 saturated heterocycles. The van der Waals surface area contributed by atoms with Gasteiger partial charge in [-0.05, 0) is 19.8 Å². The summed E-state index contributed by atoms with van der Waals surface area (Å²) in [5.74, 6) is -0.438. The fraction of sp³-hybridized carbons (Fsp3) is 0.889. The first kappa shape index (κ1) is 14.0. The molecule has 0 unspecified atom stereocenters. The van der Waals surface area contributed by atoms with Crippen LogP contribution < -0.4 is 0 Å². The van der Waals surface area contributed by atoms with E-state index in [4.69, 9.17) is 9.84 Å². The summed E-state index contributed by atoms with van der Waals surface area (Å²) in [5, 5.41) is 8.08. The van der Waals surface area contributed by atoms with Crippen LogP contribution >= 0.6 is 0 Å². The maximum absolute atomic E-state index is 9.81. The van der Waals surface area contributed by atoms with Crippen molar-refractivity contribution in [3.05, 3.63) is 0 Å². The maximum atomic E-state index is 9.81. The molecule has 0 bridgehead atoms. The van der Waals surface area contributed by atoms with Crippen LogP contribution in [0.3, 0.4) is 0 Å². The molecule has 0 rings (SSSR count). The van der Waals surface area contributed by atoms with E-state index in [-0.39, 0.29) is 12.3 Å². The minimum Gasteiger partial charge on any atom is -0.481 e. The van der Waals surface area contributed by atoms with Crippen molar-refractivity contribution in [2.24, 2.45) is 5.92 Å². The van der Waals surface area contributed by atoms with Crippen LogP contribution in [0, 0.1) is 5.92 Å². The Balaban J connectivity index is 0. The SMILES string of the molecule is CC(C)CC(=O)O.CCOCC. The van der Waals surface area contributed by atoms with Gasteiger partial charge in [-0.2, -0.15) is 0 Å². The second kappa shape index (κ2) is 10.4. The maximum Gasteiger partial charge on any atom is 0.303 e. The average Bonchev–Trinajstić information content (AvgIpc) is 1.87. The summed E-state index contributed by atoms with van der Waals surface area (Å²) >= 11 is 0. The topological polar surface area (TPSA) is 46.5 Å². The van der Waals surface area contributed by atoms with E-state index in [0.29, 0.717) is 0 Å². The van der Waals surface area contributed by atoms with Gasteiger partial charge in [0, 0.05) is 19.6 Å². The van der Waals surface area contributed by atoms with Crippen molar-refractivity contribution in [2.75, 3.05) is 13.2 Å². The third-order valence-electron chi connectivity index (χ3n) is 0.991. The molecule has 0 saturated carbocycles. The summed E-state index contributed by atoms with van der Waals surface area (Å²) in [4.78, 5) is 9.81. The molecule has 0 spiro atoms. The highest BCUT2D eigenvalue weighted by Gasteiger charge is 1.98. The van der Waals surface area contributed by atoms with Gasteiger partial charge in [0.15, 0.2) is 0 Å². The van der Waals surface area contributed by atoms with Gasteiger partial charge in [-0.1, -0.05) is 13.8 Å². The molecular weight excluding hydrogens is 156 g/mol. The summed E-state index contributed by atoms with van der Waals surface area (Å²) in [7, 11) is 0. The van der Waals surface area contributed by atoms with Crippen LogP contribution in [0.5, 0.6) is 0 Å². The van der Waals surface area contributed by atoms with Gasteiger partial charge < -0.3 is 9.84 Å². The zero-order valence-electron chi connectivity index (χ0n) is 8.46. The smallest absolute Gasteiger partial charge is 0.303 e. The molecule has 3 heteroatoms. The number of hydrogen-bond acceptors (Lipinski definition) is 2. The Morgan fingerprint density at radius 1 is 1.33 bits per heavy atom. The molecule has 0 aliphatic carbocycles. The molecule has 1 N–H and O–H groups in total. The van der Waals surface area contributed by atoms with E-state index in [1.807, 2.05) is 27.7 Å². The van der Waals surface area contributed by atoms with Gasteiger partial charge in [0.05, 0.1) is 0 Å². The zero-order valence-corrected chi connectivity index (χ0v) is 8.46. The Bertz CT molecular complexity index is 97.9. The molecule has 0 amide bonds. The van der Waals surface area contributed by atoms with Gasteiger partial charge >= 0.3 is 5.97 Å². The summed E-state index contributed by atoms with van der Waals surface area (Å²) in [5.41, 5.74) is 0. The van der Waals surface area contributed by atoms with Crippen LogP contribution in [0.4, 0.5) is 0 Å². The molecule has 0 radical (unpaired) electrons. The minimum atomic E-state index is -0.713. The Morgan fingerprint density at radius 2 is 1.75 bits per heavy atom. The van der Waals surface area contributed by atoms with Crippen molar-refractivity contribution in [2.45, 2.75) is 34.1 Å². The zero-order chi connectivity index (χ0) is 9.98. The first-order chi connectivity index (χ1) is 5.54. The van der Waals surface area contributed by atoms with E-state index in [1.54, 1.807) is 0 Å². The highest BCUT2D eigenvalue weighted by Crippen LogP contribution is 1.96. The Morgan fingerprint density at radius 3 is 1.75 bits per heavy atom. The largest absolute Gasteiger partial charge is 0.481 e. The van der Waals surface area contributed by atoms with Crippen molar-refractivity contribution in [1.29, 1.82) is 0 Å². The molecule has 0 aromatic rings. The van der Waals surface area contributed by atoms with Gasteiger partial charge in [-0.25, -0.2) is 0 Å². The third kappa shape index (κ3) is 22.7. The number of rotatable bonds is 4. The molecule has 3 nitrogen and oxygen atoms in total. The van der Waals surface area contributed by atoms with Crippen molar-refractivity contribution in [3.63, 3.8) is 0 Å². The average molecular weight is 176 g/mol. The quantitative estimate of drug-likeness (QED) is 0.714. The fourth-order valence-corrected chi connectivity index (χ4v) is 0.553. The molecule has 74 valence electrons. The van der Waals surface area contributed by atoms with Gasteiger partial charge in [0.1, 0.15) is 0 Å². The first-order valence-corrected chi connectivity index (χ1v) is 4.34. The van der Waals surface area contributed by atoms with Crippen molar-refractivity contribution < 1.29 is 14.6 Å². The number of ether oxygens (including phenoxy) is 1. The Kier molecular flexibility index (Phi) is 12.2. The molecule has 0 atom stereocenters.